The van der Waals surface area contributed by atoms with Gasteiger partial charge in [-0.1, -0.05) is 30.3 Å². The third-order valence-corrected chi connectivity index (χ3v) is 3.30. The number of alkyl halides is 3. The third-order valence-electron chi connectivity index (χ3n) is 3.30. The van der Waals surface area contributed by atoms with Crippen LogP contribution in [0.1, 0.15) is 11.1 Å². The Kier molecular flexibility index (Phi) is 5.81. The van der Waals surface area contributed by atoms with Crippen LogP contribution >= 0.6 is 0 Å². The largest absolute Gasteiger partial charge is 0.496 e. The average Bonchev–Trinajstić information content (AvgIpc) is 2.55. The molecule has 2 aromatic carbocycles. The molecule has 1 amide bonds. The summed E-state index contributed by atoms with van der Waals surface area (Å²) >= 11 is 0. The van der Waals surface area contributed by atoms with Crippen molar-refractivity contribution in [3.8, 4) is 5.75 Å². The maximum Gasteiger partial charge on any atom is 0.418 e. The van der Waals surface area contributed by atoms with Crippen molar-refractivity contribution in [2.75, 3.05) is 19.0 Å². The molecule has 0 aliphatic carbocycles. The molecule has 0 bridgehead atoms. The number of amides is 1. The maximum absolute atomic E-state index is 12.9. The standard InChI is InChI=1S/C17H17F3N2O2/c1-24-15-9-5-2-6-12(15)10-21-11-16(23)22-14-8-4-3-7-13(14)17(18,19)20/h2-9,21H,10-11H2,1H3,(H,22,23). The van der Waals surface area contributed by atoms with Crippen molar-refractivity contribution in [3.05, 3.63) is 59.7 Å². The molecule has 0 spiro atoms. The van der Waals surface area contributed by atoms with Crippen molar-refractivity contribution in [3.63, 3.8) is 0 Å². The zero-order valence-electron chi connectivity index (χ0n) is 13.0. The van der Waals surface area contributed by atoms with E-state index >= 15 is 0 Å². The second kappa shape index (κ2) is 7.83. The van der Waals surface area contributed by atoms with Gasteiger partial charge in [0.2, 0.25) is 5.91 Å². The highest BCUT2D eigenvalue weighted by atomic mass is 19.4. The monoisotopic (exact) mass is 338 g/mol. The number of hydrogen-bond acceptors (Lipinski definition) is 3. The Morgan fingerprint density at radius 3 is 2.46 bits per heavy atom. The Labute approximate surface area is 137 Å². The van der Waals surface area contributed by atoms with Crippen LogP contribution in [0.2, 0.25) is 0 Å². The molecular formula is C17H17F3N2O2. The molecule has 2 rings (SSSR count). The molecule has 24 heavy (non-hydrogen) atoms. The summed E-state index contributed by atoms with van der Waals surface area (Å²) in [6.45, 7) is 0.239. The van der Waals surface area contributed by atoms with Gasteiger partial charge in [0, 0.05) is 12.1 Å². The van der Waals surface area contributed by atoms with Crippen molar-refractivity contribution >= 4 is 11.6 Å². The fraction of sp³-hybridized carbons (Fsp3) is 0.235. The van der Waals surface area contributed by atoms with Gasteiger partial charge in [0.05, 0.1) is 24.9 Å². The van der Waals surface area contributed by atoms with Crippen LogP contribution in [0.15, 0.2) is 48.5 Å². The maximum atomic E-state index is 12.9. The Bertz CT molecular complexity index is 702. The van der Waals surface area contributed by atoms with Crippen LogP contribution in [-0.4, -0.2) is 19.6 Å². The molecule has 0 radical (unpaired) electrons. The molecule has 128 valence electrons. The lowest BCUT2D eigenvalue weighted by Crippen LogP contribution is -2.28. The van der Waals surface area contributed by atoms with E-state index < -0.39 is 17.6 Å². The lowest BCUT2D eigenvalue weighted by Gasteiger charge is -2.14. The second-order valence-electron chi connectivity index (χ2n) is 5.01. The molecule has 0 atom stereocenters. The van der Waals surface area contributed by atoms with Gasteiger partial charge in [-0.15, -0.1) is 0 Å². The second-order valence-corrected chi connectivity index (χ2v) is 5.01. The number of methoxy groups -OCH3 is 1. The summed E-state index contributed by atoms with van der Waals surface area (Å²) in [5, 5.41) is 5.16. The summed E-state index contributed by atoms with van der Waals surface area (Å²) in [5.74, 6) is 0.120. The van der Waals surface area contributed by atoms with E-state index in [0.717, 1.165) is 11.6 Å². The molecule has 2 N–H and O–H groups in total. The third kappa shape index (κ3) is 4.73. The minimum absolute atomic E-state index is 0.121. The minimum Gasteiger partial charge on any atom is -0.496 e. The lowest BCUT2D eigenvalue weighted by atomic mass is 10.1. The van der Waals surface area contributed by atoms with Crippen molar-refractivity contribution in [2.45, 2.75) is 12.7 Å². The molecule has 0 unspecified atom stereocenters. The number of nitrogens with one attached hydrogen (secondary N) is 2. The molecule has 0 aromatic heterocycles. The van der Waals surface area contributed by atoms with E-state index in [2.05, 4.69) is 10.6 Å². The van der Waals surface area contributed by atoms with Crippen molar-refractivity contribution < 1.29 is 22.7 Å². The highest BCUT2D eigenvalue weighted by molar-refractivity contribution is 5.93. The predicted octanol–water partition coefficient (Wildman–Crippen LogP) is 3.44. The quantitative estimate of drug-likeness (QED) is 0.848. The first kappa shape index (κ1) is 17.8. The van der Waals surface area contributed by atoms with Crippen molar-refractivity contribution in [1.29, 1.82) is 0 Å². The van der Waals surface area contributed by atoms with Crippen LogP contribution in [-0.2, 0) is 17.5 Å². The van der Waals surface area contributed by atoms with Crippen LogP contribution in [0, 0.1) is 0 Å². The van der Waals surface area contributed by atoms with Gasteiger partial charge in [-0.25, -0.2) is 0 Å². The number of rotatable bonds is 6. The molecule has 2 aromatic rings. The summed E-state index contributed by atoms with van der Waals surface area (Å²) in [5.41, 5.74) is -0.277. The lowest BCUT2D eigenvalue weighted by molar-refractivity contribution is -0.137. The van der Waals surface area contributed by atoms with Gasteiger partial charge < -0.3 is 15.4 Å². The van der Waals surface area contributed by atoms with Crippen LogP contribution in [0.5, 0.6) is 5.75 Å². The highest BCUT2D eigenvalue weighted by Crippen LogP contribution is 2.34. The van der Waals surface area contributed by atoms with Crippen molar-refractivity contribution in [2.24, 2.45) is 0 Å². The molecule has 4 nitrogen and oxygen atoms in total. The SMILES string of the molecule is COc1ccccc1CNCC(=O)Nc1ccccc1C(F)(F)F. The van der Waals surface area contributed by atoms with E-state index in [1.165, 1.54) is 18.2 Å². The summed E-state index contributed by atoms with van der Waals surface area (Å²) in [7, 11) is 1.54. The Morgan fingerprint density at radius 1 is 1.08 bits per heavy atom. The Balaban J connectivity index is 1.93. The molecule has 0 heterocycles. The first-order valence-corrected chi connectivity index (χ1v) is 7.20. The van der Waals surface area contributed by atoms with E-state index in [0.29, 0.717) is 12.3 Å². The number of carbonyl (C=O) groups is 1. The molecule has 7 heteroatoms. The van der Waals surface area contributed by atoms with Gasteiger partial charge in [0.15, 0.2) is 0 Å². The van der Waals surface area contributed by atoms with Crippen LogP contribution in [0.25, 0.3) is 0 Å². The molecule has 0 aliphatic rings. The van der Waals surface area contributed by atoms with Crippen LogP contribution in [0.4, 0.5) is 18.9 Å². The Morgan fingerprint density at radius 2 is 1.75 bits per heavy atom. The number of benzene rings is 2. The highest BCUT2D eigenvalue weighted by Gasteiger charge is 2.33. The van der Waals surface area contributed by atoms with Gasteiger partial charge in [-0.05, 0) is 18.2 Å². The van der Waals surface area contributed by atoms with E-state index in [-0.39, 0.29) is 12.2 Å². The van der Waals surface area contributed by atoms with E-state index in [1.54, 1.807) is 13.2 Å². The molecule has 0 saturated heterocycles. The first-order chi connectivity index (χ1) is 11.4. The number of halogens is 3. The van der Waals surface area contributed by atoms with Gasteiger partial charge in [-0.3, -0.25) is 4.79 Å². The van der Waals surface area contributed by atoms with Gasteiger partial charge in [-0.2, -0.15) is 13.2 Å². The zero-order valence-corrected chi connectivity index (χ0v) is 13.0. The first-order valence-electron chi connectivity index (χ1n) is 7.20. The number of carbonyl (C=O) groups excluding carboxylic acids is 1. The van der Waals surface area contributed by atoms with Crippen LogP contribution < -0.4 is 15.4 Å². The van der Waals surface area contributed by atoms with Gasteiger partial charge in [0.1, 0.15) is 5.75 Å². The number of para-hydroxylation sites is 2. The topological polar surface area (TPSA) is 50.4 Å². The van der Waals surface area contributed by atoms with Gasteiger partial charge in [0.25, 0.3) is 0 Å². The normalized spacial score (nSPS) is 11.2. The van der Waals surface area contributed by atoms with E-state index in [9.17, 15) is 18.0 Å². The molecular weight excluding hydrogens is 321 g/mol. The Hall–Kier alpha value is -2.54. The minimum atomic E-state index is -4.52. The fourth-order valence-electron chi connectivity index (χ4n) is 2.19. The van der Waals surface area contributed by atoms with Gasteiger partial charge >= 0.3 is 6.18 Å². The number of ether oxygens (including phenoxy) is 1. The summed E-state index contributed by atoms with van der Waals surface area (Å²) in [6, 6.07) is 12.1. The fourth-order valence-corrected chi connectivity index (χ4v) is 2.19. The van der Waals surface area contributed by atoms with E-state index in [1.807, 2.05) is 18.2 Å². The molecule has 0 aliphatic heterocycles. The zero-order chi connectivity index (χ0) is 17.6. The summed E-state index contributed by atoms with van der Waals surface area (Å²) in [4.78, 5) is 11.9. The number of hydrogen-bond donors (Lipinski definition) is 2. The van der Waals surface area contributed by atoms with E-state index in [4.69, 9.17) is 4.74 Å². The summed E-state index contributed by atoms with van der Waals surface area (Å²) in [6.07, 6.45) is -4.52. The molecule has 0 fully saturated rings. The predicted molar refractivity (Wildman–Crippen MR) is 84.8 cm³/mol. The smallest absolute Gasteiger partial charge is 0.418 e. The summed E-state index contributed by atoms with van der Waals surface area (Å²) < 4.78 is 43.8. The number of anilines is 1. The van der Waals surface area contributed by atoms with Crippen LogP contribution in [0.3, 0.4) is 0 Å². The van der Waals surface area contributed by atoms with Crippen molar-refractivity contribution in [1.82, 2.24) is 5.32 Å². The molecule has 0 saturated carbocycles. The average molecular weight is 338 g/mol.